The van der Waals surface area contributed by atoms with Gasteiger partial charge in [0.2, 0.25) is 10.0 Å². The summed E-state index contributed by atoms with van der Waals surface area (Å²) in [5, 5.41) is 0.287. The Balaban J connectivity index is 1.78. The maximum atomic E-state index is 14.3. The highest BCUT2D eigenvalue weighted by Crippen LogP contribution is 2.32. The SMILES string of the molecule is Cc1cc(S(=O)(=O)N(C)C)ccc1-c1cnc2[nH]c(-c3c(F)cccc3Cl)cc2n1. The normalized spacial score (nSPS) is 12.1. The molecule has 30 heavy (non-hydrogen) atoms. The molecule has 0 unspecified atom stereocenters. The standard InChI is InChI=1S/C21H18ClFN4O2S/c1-12-9-13(30(28,29)27(2)3)7-8-14(12)19-11-24-21-18(25-19)10-17(26-21)20-15(22)5-4-6-16(20)23/h4-11H,1-3H3,(H,24,26). The summed E-state index contributed by atoms with van der Waals surface area (Å²) in [6.45, 7) is 1.82. The van der Waals surface area contributed by atoms with Crippen molar-refractivity contribution in [2.75, 3.05) is 14.1 Å². The second-order valence-corrected chi connectivity index (χ2v) is 9.59. The molecule has 1 N–H and O–H groups in total. The molecule has 4 aromatic rings. The summed E-state index contributed by atoms with van der Waals surface area (Å²) in [6, 6.07) is 11.1. The predicted octanol–water partition coefficient (Wildman–Crippen LogP) is 4.64. The Morgan fingerprint density at radius 2 is 1.90 bits per heavy atom. The van der Waals surface area contributed by atoms with E-state index in [1.165, 1.54) is 24.5 Å². The van der Waals surface area contributed by atoms with Crippen LogP contribution in [0, 0.1) is 12.7 Å². The lowest BCUT2D eigenvalue weighted by Crippen LogP contribution is -2.22. The van der Waals surface area contributed by atoms with E-state index in [1.807, 2.05) is 6.92 Å². The molecule has 0 spiro atoms. The molecule has 0 aliphatic heterocycles. The largest absolute Gasteiger partial charge is 0.338 e. The Bertz CT molecular complexity index is 1360. The molecule has 154 valence electrons. The summed E-state index contributed by atoms with van der Waals surface area (Å²) in [5.74, 6) is -0.442. The zero-order valence-corrected chi connectivity index (χ0v) is 18.0. The van der Waals surface area contributed by atoms with Crippen molar-refractivity contribution < 1.29 is 12.8 Å². The van der Waals surface area contributed by atoms with E-state index in [1.54, 1.807) is 42.6 Å². The molecule has 0 saturated heterocycles. The predicted molar refractivity (Wildman–Crippen MR) is 115 cm³/mol. The van der Waals surface area contributed by atoms with Crippen molar-refractivity contribution >= 4 is 32.8 Å². The Labute approximate surface area is 178 Å². The van der Waals surface area contributed by atoms with E-state index in [-0.39, 0.29) is 15.5 Å². The first-order chi connectivity index (χ1) is 14.2. The van der Waals surface area contributed by atoms with Crippen molar-refractivity contribution in [2.45, 2.75) is 11.8 Å². The Morgan fingerprint density at radius 3 is 2.57 bits per heavy atom. The number of nitrogens with one attached hydrogen (secondary N) is 1. The number of aromatic amines is 1. The van der Waals surface area contributed by atoms with E-state index in [0.717, 1.165) is 11.1 Å². The highest BCUT2D eigenvalue weighted by Gasteiger charge is 2.19. The van der Waals surface area contributed by atoms with Gasteiger partial charge < -0.3 is 4.98 Å². The molecule has 0 aliphatic carbocycles. The molecule has 2 heterocycles. The lowest BCUT2D eigenvalue weighted by atomic mass is 10.1. The summed E-state index contributed by atoms with van der Waals surface area (Å²) in [6.07, 6.45) is 1.59. The van der Waals surface area contributed by atoms with E-state index in [2.05, 4.69) is 15.0 Å². The van der Waals surface area contributed by atoms with E-state index < -0.39 is 15.8 Å². The van der Waals surface area contributed by atoms with Gasteiger partial charge in [-0.15, -0.1) is 0 Å². The van der Waals surface area contributed by atoms with Crippen molar-refractivity contribution in [2.24, 2.45) is 0 Å². The van der Waals surface area contributed by atoms with Crippen LogP contribution in [0.4, 0.5) is 4.39 Å². The van der Waals surface area contributed by atoms with Gasteiger partial charge in [0.25, 0.3) is 0 Å². The molecule has 0 fully saturated rings. The Kier molecular flexibility index (Phi) is 5.09. The number of H-pyrrole nitrogens is 1. The van der Waals surface area contributed by atoms with Gasteiger partial charge in [0.15, 0.2) is 5.65 Å². The number of aromatic nitrogens is 3. The molecule has 0 bridgehead atoms. The van der Waals surface area contributed by atoms with E-state index in [4.69, 9.17) is 11.6 Å². The number of rotatable bonds is 4. The fourth-order valence-corrected chi connectivity index (χ4v) is 4.47. The molecule has 9 heteroatoms. The molecule has 2 aromatic heterocycles. The number of benzene rings is 2. The second-order valence-electron chi connectivity index (χ2n) is 7.03. The van der Waals surface area contributed by atoms with Gasteiger partial charge in [-0.05, 0) is 42.8 Å². The van der Waals surface area contributed by atoms with Crippen LogP contribution in [0.3, 0.4) is 0 Å². The van der Waals surface area contributed by atoms with Gasteiger partial charge in [-0.2, -0.15) is 0 Å². The summed E-state index contributed by atoms with van der Waals surface area (Å²) in [4.78, 5) is 12.3. The molecule has 0 radical (unpaired) electrons. The quantitative estimate of drug-likeness (QED) is 0.497. The number of nitrogens with zero attached hydrogens (tertiary/aromatic N) is 3. The monoisotopic (exact) mass is 444 g/mol. The third-order valence-corrected chi connectivity index (χ3v) is 6.94. The average molecular weight is 445 g/mol. The number of halogens is 2. The van der Waals surface area contributed by atoms with Crippen molar-refractivity contribution in [3.8, 4) is 22.5 Å². The smallest absolute Gasteiger partial charge is 0.242 e. The van der Waals surface area contributed by atoms with Gasteiger partial charge in [-0.3, -0.25) is 0 Å². The van der Waals surface area contributed by atoms with Gasteiger partial charge in [-0.25, -0.2) is 27.1 Å². The number of sulfonamides is 1. The highest BCUT2D eigenvalue weighted by molar-refractivity contribution is 7.89. The summed E-state index contributed by atoms with van der Waals surface area (Å²) >= 11 is 6.16. The van der Waals surface area contributed by atoms with Crippen molar-refractivity contribution in [1.82, 2.24) is 19.3 Å². The van der Waals surface area contributed by atoms with Gasteiger partial charge in [-0.1, -0.05) is 23.7 Å². The summed E-state index contributed by atoms with van der Waals surface area (Å²) in [7, 11) is -0.545. The molecule has 0 atom stereocenters. The molecule has 2 aromatic carbocycles. The fourth-order valence-electron chi connectivity index (χ4n) is 3.22. The van der Waals surface area contributed by atoms with Crippen LogP contribution in [0.1, 0.15) is 5.56 Å². The minimum absolute atomic E-state index is 0.209. The first-order valence-corrected chi connectivity index (χ1v) is 10.8. The number of hydrogen-bond acceptors (Lipinski definition) is 4. The van der Waals surface area contributed by atoms with Crippen LogP contribution in [-0.4, -0.2) is 41.8 Å². The molecule has 4 rings (SSSR count). The molecular weight excluding hydrogens is 427 g/mol. The summed E-state index contributed by atoms with van der Waals surface area (Å²) < 4.78 is 40.1. The van der Waals surface area contributed by atoms with E-state index in [0.29, 0.717) is 22.6 Å². The Hall–Kier alpha value is -2.81. The maximum Gasteiger partial charge on any atom is 0.242 e. The van der Waals surface area contributed by atoms with E-state index >= 15 is 0 Å². The van der Waals surface area contributed by atoms with Crippen LogP contribution >= 0.6 is 11.6 Å². The molecular formula is C21H18ClFN4O2S. The third-order valence-electron chi connectivity index (χ3n) is 4.82. The van der Waals surface area contributed by atoms with Gasteiger partial charge >= 0.3 is 0 Å². The summed E-state index contributed by atoms with van der Waals surface area (Å²) in [5.41, 5.74) is 3.88. The molecule has 0 saturated carbocycles. The van der Waals surface area contributed by atoms with Crippen LogP contribution in [0.25, 0.3) is 33.7 Å². The number of hydrogen-bond donors (Lipinski definition) is 1. The van der Waals surface area contributed by atoms with E-state index in [9.17, 15) is 12.8 Å². The van der Waals surface area contributed by atoms with Gasteiger partial charge in [0, 0.05) is 19.7 Å². The number of aryl methyl sites for hydroxylation is 1. The molecule has 0 amide bonds. The van der Waals surface area contributed by atoms with Crippen LogP contribution in [0.2, 0.25) is 5.02 Å². The van der Waals surface area contributed by atoms with Gasteiger partial charge in [0.1, 0.15) is 11.3 Å². The second kappa shape index (κ2) is 7.46. The van der Waals surface area contributed by atoms with Crippen LogP contribution in [0.15, 0.2) is 53.6 Å². The fraction of sp³-hybridized carbons (Fsp3) is 0.143. The van der Waals surface area contributed by atoms with Crippen molar-refractivity contribution in [3.05, 3.63) is 65.1 Å². The molecule has 6 nitrogen and oxygen atoms in total. The maximum absolute atomic E-state index is 14.3. The first-order valence-electron chi connectivity index (χ1n) is 9.02. The van der Waals surface area contributed by atoms with Gasteiger partial charge in [0.05, 0.1) is 33.1 Å². The third kappa shape index (κ3) is 3.47. The zero-order chi connectivity index (χ0) is 21.6. The molecule has 0 aliphatic rings. The van der Waals surface area contributed by atoms with Crippen molar-refractivity contribution in [1.29, 1.82) is 0 Å². The minimum atomic E-state index is -3.52. The highest BCUT2D eigenvalue weighted by atomic mass is 35.5. The lowest BCUT2D eigenvalue weighted by Gasteiger charge is -2.13. The topological polar surface area (TPSA) is 79.0 Å². The minimum Gasteiger partial charge on any atom is -0.338 e. The lowest BCUT2D eigenvalue weighted by molar-refractivity contribution is 0.520. The van der Waals surface area contributed by atoms with Crippen molar-refractivity contribution in [3.63, 3.8) is 0 Å². The average Bonchev–Trinajstić information content (AvgIpc) is 3.10. The van der Waals surface area contributed by atoms with Crippen LogP contribution in [0.5, 0.6) is 0 Å². The Morgan fingerprint density at radius 1 is 1.13 bits per heavy atom. The first kappa shape index (κ1) is 20.5. The number of fused-ring (bicyclic) bond motifs is 1. The zero-order valence-electron chi connectivity index (χ0n) is 16.4. The van der Waals surface area contributed by atoms with Crippen LogP contribution < -0.4 is 0 Å². The van der Waals surface area contributed by atoms with Crippen LogP contribution in [-0.2, 0) is 10.0 Å².